The summed E-state index contributed by atoms with van der Waals surface area (Å²) in [7, 11) is 0. The number of rotatable bonds is 5. The molecule has 2 aromatic rings. The Kier molecular flexibility index (Phi) is 4.09. The Morgan fingerprint density at radius 1 is 1.32 bits per heavy atom. The van der Waals surface area contributed by atoms with Crippen LogP contribution in [0.2, 0.25) is 0 Å². The van der Waals surface area contributed by atoms with Gasteiger partial charge in [-0.1, -0.05) is 0 Å². The molecule has 6 nitrogen and oxygen atoms in total. The molecule has 0 unspecified atom stereocenters. The summed E-state index contributed by atoms with van der Waals surface area (Å²) in [5.74, 6) is -0.618. The first-order valence-corrected chi connectivity index (χ1v) is 5.54. The summed E-state index contributed by atoms with van der Waals surface area (Å²) in [5, 5.41) is 13.6. The zero-order valence-electron chi connectivity index (χ0n) is 9.91. The largest absolute Gasteiger partial charge is 0.307 e. The average molecular weight is 262 g/mol. The third kappa shape index (κ3) is 3.78. The third-order valence-electron chi connectivity index (χ3n) is 2.43. The summed E-state index contributed by atoms with van der Waals surface area (Å²) < 4.78 is 13.2. The van der Waals surface area contributed by atoms with Gasteiger partial charge < -0.3 is 5.32 Å². The number of hydrogen-bond donors (Lipinski definition) is 1. The number of halogens is 1. The zero-order chi connectivity index (χ0) is 13.7. The Balaban J connectivity index is 1.98. The van der Waals surface area contributed by atoms with Crippen LogP contribution in [0.15, 0.2) is 36.8 Å². The van der Waals surface area contributed by atoms with Gasteiger partial charge in [0, 0.05) is 25.4 Å². The van der Waals surface area contributed by atoms with Crippen LogP contribution in [0, 0.1) is 15.9 Å². The van der Waals surface area contributed by atoms with E-state index in [-0.39, 0.29) is 5.69 Å². The first kappa shape index (κ1) is 13.0. The standard InChI is InChI=1S/C12H11FN4O2/c13-10-3-9(4-12(5-10)17(18)19)6-15-7-11-1-2-14-8-16-11/h1-5,8,15H,6-7H2. The molecule has 0 saturated heterocycles. The van der Waals surface area contributed by atoms with Gasteiger partial charge in [0.25, 0.3) is 5.69 Å². The Hall–Kier alpha value is -2.41. The molecule has 1 heterocycles. The molecule has 0 aliphatic heterocycles. The van der Waals surface area contributed by atoms with Gasteiger partial charge in [-0.3, -0.25) is 10.1 Å². The summed E-state index contributed by atoms with van der Waals surface area (Å²) in [6, 6.07) is 5.25. The molecule has 98 valence electrons. The van der Waals surface area contributed by atoms with Crippen molar-refractivity contribution in [3.05, 3.63) is 64.0 Å². The molecule has 0 atom stereocenters. The SMILES string of the molecule is O=[N+]([O-])c1cc(F)cc(CNCc2ccncn2)c1. The first-order chi connectivity index (χ1) is 9.15. The molecule has 0 fully saturated rings. The molecule has 2 rings (SSSR count). The lowest BCUT2D eigenvalue weighted by Crippen LogP contribution is -2.14. The van der Waals surface area contributed by atoms with Crippen molar-refractivity contribution in [2.45, 2.75) is 13.1 Å². The average Bonchev–Trinajstić information content (AvgIpc) is 2.39. The van der Waals surface area contributed by atoms with Gasteiger partial charge in [-0.15, -0.1) is 0 Å². The predicted molar refractivity (Wildman–Crippen MR) is 65.6 cm³/mol. The van der Waals surface area contributed by atoms with E-state index >= 15 is 0 Å². The lowest BCUT2D eigenvalue weighted by Gasteiger charge is -2.04. The van der Waals surface area contributed by atoms with Crippen molar-refractivity contribution in [3.8, 4) is 0 Å². The molecule has 0 amide bonds. The van der Waals surface area contributed by atoms with E-state index in [9.17, 15) is 14.5 Å². The molecule has 7 heteroatoms. The van der Waals surface area contributed by atoms with E-state index in [1.165, 1.54) is 18.5 Å². The molecule has 1 aromatic heterocycles. The van der Waals surface area contributed by atoms with Crippen molar-refractivity contribution in [2.75, 3.05) is 0 Å². The first-order valence-electron chi connectivity index (χ1n) is 5.54. The second-order valence-corrected chi connectivity index (χ2v) is 3.88. The van der Waals surface area contributed by atoms with Gasteiger partial charge in [-0.05, 0) is 17.7 Å². The molecule has 0 aliphatic rings. The van der Waals surface area contributed by atoms with E-state index in [1.807, 2.05) is 0 Å². The number of non-ortho nitro benzene ring substituents is 1. The van der Waals surface area contributed by atoms with E-state index in [2.05, 4.69) is 15.3 Å². The number of nitro groups is 1. The van der Waals surface area contributed by atoms with Crippen LogP contribution in [0.25, 0.3) is 0 Å². The topological polar surface area (TPSA) is 81.0 Å². The molecule has 0 radical (unpaired) electrons. The minimum atomic E-state index is -0.618. The van der Waals surface area contributed by atoms with Crippen LogP contribution in [0.5, 0.6) is 0 Å². The maximum Gasteiger partial charge on any atom is 0.272 e. The van der Waals surface area contributed by atoms with Crippen molar-refractivity contribution in [1.82, 2.24) is 15.3 Å². The number of hydrogen-bond acceptors (Lipinski definition) is 5. The molecule has 1 aromatic carbocycles. The normalized spacial score (nSPS) is 10.4. The highest BCUT2D eigenvalue weighted by Gasteiger charge is 2.09. The van der Waals surface area contributed by atoms with E-state index in [0.717, 1.165) is 11.8 Å². The molecule has 19 heavy (non-hydrogen) atoms. The molecule has 0 aliphatic carbocycles. The Labute approximate surface area is 108 Å². The second-order valence-electron chi connectivity index (χ2n) is 3.88. The highest BCUT2D eigenvalue weighted by Crippen LogP contribution is 2.16. The van der Waals surface area contributed by atoms with Crippen LogP contribution in [-0.2, 0) is 13.1 Å². The monoisotopic (exact) mass is 262 g/mol. The Morgan fingerprint density at radius 2 is 2.16 bits per heavy atom. The molecule has 0 saturated carbocycles. The van der Waals surface area contributed by atoms with Crippen LogP contribution >= 0.6 is 0 Å². The molecule has 0 bridgehead atoms. The van der Waals surface area contributed by atoms with E-state index in [1.54, 1.807) is 12.3 Å². The number of benzene rings is 1. The summed E-state index contributed by atoms with van der Waals surface area (Å²) in [4.78, 5) is 17.8. The molecular formula is C12H11FN4O2. The minimum Gasteiger partial charge on any atom is -0.307 e. The maximum atomic E-state index is 13.2. The van der Waals surface area contributed by atoms with Gasteiger partial charge in [0.1, 0.15) is 12.1 Å². The maximum absolute atomic E-state index is 13.2. The van der Waals surface area contributed by atoms with Crippen LogP contribution in [-0.4, -0.2) is 14.9 Å². The van der Waals surface area contributed by atoms with Gasteiger partial charge in [-0.2, -0.15) is 0 Å². The number of nitro benzene ring substituents is 1. The van der Waals surface area contributed by atoms with Gasteiger partial charge in [0.15, 0.2) is 0 Å². The molecule has 1 N–H and O–H groups in total. The Morgan fingerprint density at radius 3 is 2.84 bits per heavy atom. The van der Waals surface area contributed by atoms with Crippen LogP contribution in [0.4, 0.5) is 10.1 Å². The predicted octanol–water partition coefficient (Wildman–Crippen LogP) is 1.81. The fourth-order valence-electron chi connectivity index (χ4n) is 1.60. The van der Waals surface area contributed by atoms with Gasteiger partial charge in [0.2, 0.25) is 0 Å². The van der Waals surface area contributed by atoms with Crippen molar-refractivity contribution in [3.63, 3.8) is 0 Å². The third-order valence-corrected chi connectivity index (χ3v) is 2.43. The van der Waals surface area contributed by atoms with Crippen molar-refractivity contribution < 1.29 is 9.31 Å². The van der Waals surface area contributed by atoms with E-state index in [0.29, 0.717) is 18.7 Å². The van der Waals surface area contributed by atoms with E-state index < -0.39 is 10.7 Å². The fourth-order valence-corrected chi connectivity index (χ4v) is 1.60. The van der Waals surface area contributed by atoms with Crippen LogP contribution in [0.1, 0.15) is 11.3 Å². The van der Waals surface area contributed by atoms with Crippen molar-refractivity contribution >= 4 is 5.69 Å². The Bertz CT molecular complexity index is 577. The quantitative estimate of drug-likeness (QED) is 0.656. The smallest absolute Gasteiger partial charge is 0.272 e. The van der Waals surface area contributed by atoms with Crippen LogP contribution < -0.4 is 5.32 Å². The lowest BCUT2D eigenvalue weighted by atomic mass is 10.2. The minimum absolute atomic E-state index is 0.251. The van der Waals surface area contributed by atoms with Gasteiger partial charge in [0.05, 0.1) is 16.7 Å². The van der Waals surface area contributed by atoms with Gasteiger partial charge in [-0.25, -0.2) is 14.4 Å². The number of aromatic nitrogens is 2. The van der Waals surface area contributed by atoms with Gasteiger partial charge >= 0.3 is 0 Å². The van der Waals surface area contributed by atoms with Crippen LogP contribution in [0.3, 0.4) is 0 Å². The summed E-state index contributed by atoms with van der Waals surface area (Å²) in [5.41, 5.74) is 1.06. The summed E-state index contributed by atoms with van der Waals surface area (Å²) >= 11 is 0. The number of nitrogens with one attached hydrogen (secondary N) is 1. The summed E-state index contributed by atoms with van der Waals surface area (Å²) in [6.45, 7) is 0.801. The lowest BCUT2D eigenvalue weighted by molar-refractivity contribution is -0.385. The second kappa shape index (κ2) is 5.96. The summed E-state index contributed by atoms with van der Waals surface area (Å²) in [6.07, 6.45) is 3.06. The van der Waals surface area contributed by atoms with Crippen molar-refractivity contribution in [2.24, 2.45) is 0 Å². The number of nitrogens with zero attached hydrogens (tertiary/aromatic N) is 3. The fraction of sp³-hybridized carbons (Fsp3) is 0.167. The molecular weight excluding hydrogens is 251 g/mol. The zero-order valence-corrected chi connectivity index (χ0v) is 9.91. The molecule has 0 spiro atoms. The van der Waals surface area contributed by atoms with E-state index in [4.69, 9.17) is 0 Å². The highest BCUT2D eigenvalue weighted by molar-refractivity contribution is 5.35. The highest BCUT2D eigenvalue weighted by atomic mass is 19.1. The van der Waals surface area contributed by atoms with Crippen molar-refractivity contribution in [1.29, 1.82) is 0 Å².